The van der Waals surface area contributed by atoms with E-state index in [1.807, 2.05) is 48.5 Å². The fourth-order valence-electron chi connectivity index (χ4n) is 11.3. The number of fused-ring (bicyclic) bond motifs is 6. The molecule has 8 amide bonds. The van der Waals surface area contributed by atoms with Gasteiger partial charge in [-0.1, -0.05) is 86.1 Å². The Morgan fingerprint density at radius 3 is 2.11 bits per heavy atom. The molecule has 2 fully saturated rings. The number of ether oxygens (including phenoxy) is 1. The van der Waals surface area contributed by atoms with E-state index in [2.05, 4.69) is 21.3 Å². The molecule has 6 N–H and O–H groups in total. The molecule has 3 heterocycles. The van der Waals surface area contributed by atoms with E-state index < -0.39 is 29.2 Å². The van der Waals surface area contributed by atoms with Gasteiger partial charge in [0.15, 0.2) is 0 Å². The summed E-state index contributed by atoms with van der Waals surface area (Å²) in [5.74, 6) is -2.51. The lowest BCUT2D eigenvalue weighted by Crippen LogP contribution is -2.56. The van der Waals surface area contributed by atoms with Crippen molar-refractivity contribution in [1.82, 2.24) is 15.5 Å². The van der Waals surface area contributed by atoms with Gasteiger partial charge in [0.05, 0.1) is 23.6 Å². The maximum Gasteiger partial charge on any atom is 0.411 e. The zero-order valence-corrected chi connectivity index (χ0v) is 45.9. The highest BCUT2D eigenvalue weighted by Gasteiger charge is 2.50. The van der Waals surface area contributed by atoms with Crippen LogP contribution in [0.2, 0.25) is 0 Å². The van der Waals surface area contributed by atoms with Crippen molar-refractivity contribution in [2.24, 2.45) is 11.3 Å². The Morgan fingerprint density at radius 2 is 1.41 bits per heavy atom. The number of imide groups is 1. The highest BCUT2D eigenvalue weighted by atomic mass is 35.5. The summed E-state index contributed by atoms with van der Waals surface area (Å²) in [5.41, 5.74) is 4.00. The third-order valence-electron chi connectivity index (χ3n) is 15.9. The maximum absolute atomic E-state index is 13.9. The number of rotatable bonds is 19. The zero-order valence-electron chi connectivity index (χ0n) is 45.2. The first-order valence-corrected chi connectivity index (χ1v) is 28.1. The van der Waals surface area contributed by atoms with Crippen molar-refractivity contribution < 1.29 is 53.3 Å². The van der Waals surface area contributed by atoms with E-state index in [-0.39, 0.29) is 78.1 Å². The van der Waals surface area contributed by atoms with Crippen molar-refractivity contribution in [2.75, 3.05) is 59.0 Å². The minimum atomic E-state index is -1.26. The molecule has 1 unspecified atom stereocenters. The molecule has 6 aromatic rings. The third-order valence-corrected chi connectivity index (χ3v) is 16.3. The maximum atomic E-state index is 13.9. The number of carbonyl (C=O) groups is 8. The molecule has 0 aromatic heterocycles. The van der Waals surface area contributed by atoms with Gasteiger partial charge in [0.1, 0.15) is 23.5 Å². The van der Waals surface area contributed by atoms with Crippen LogP contribution < -0.4 is 31.1 Å². The molecular formula is C63H62ClN7O11. The van der Waals surface area contributed by atoms with Crippen molar-refractivity contribution in [3.8, 4) is 11.5 Å². The lowest BCUT2D eigenvalue weighted by molar-refractivity contribution is -0.150. The summed E-state index contributed by atoms with van der Waals surface area (Å²) in [6.45, 7) is 2.60. The Labute approximate surface area is 478 Å². The Morgan fingerprint density at radius 1 is 0.744 bits per heavy atom. The van der Waals surface area contributed by atoms with Crippen molar-refractivity contribution >= 4 is 115 Å². The number of nitrogens with zero attached hydrogens (tertiary/aromatic N) is 3. The molecule has 19 heteroatoms. The molecule has 18 nitrogen and oxygen atoms in total. The van der Waals surface area contributed by atoms with Crippen LogP contribution in [0.25, 0.3) is 33.7 Å². The zero-order chi connectivity index (χ0) is 57.7. The third kappa shape index (κ3) is 11.7. The number of halogens is 1. The first-order chi connectivity index (χ1) is 39.6. The predicted molar refractivity (Wildman–Crippen MR) is 313 cm³/mol. The number of hydrogen-bond donors (Lipinski definition) is 6. The van der Waals surface area contributed by atoms with Gasteiger partial charge in [0.25, 0.3) is 11.8 Å². The van der Waals surface area contributed by atoms with Crippen LogP contribution in [-0.4, -0.2) is 101 Å². The lowest BCUT2D eigenvalue weighted by Gasteiger charge is -2.38. The smallest absolute Gasteiger partial charge is 0.411 e. The molecule has 0 bridgehead atoms. The summed E-state index contributed by atoms with van der Waals surface area (Å²) in [6.07, 6.45) is 9.28. The van der Waals surface area contributed by atoms with Gasteiger partial charge in [-0.05, 0) is 107 Å². The van der Waals surface area contributed by atoms with Gasteiger partial charge >= 0.3 is 6.09 Å². The quantitative estimate of drug-likeness (QED) is 0.0147. The summed E-state index contributed by atoms with van der Waals surface area (Å²) in [4.78, 5) is 109. The summed E-state index contributed by atoms with van der Waals surface area (Å²) in [5, 5.41) is 35.8. The van der Waals surface area contributed by atoms with Crippen LogP contribution in [0.3, 0.4) is 0 Å². The second-order valence-corrected chi connectivity index (χ2v) is 21.5. The van der Waals surface area contributed by atoms with E-state index in [4.69, 9.17) is 16.3 Å². The molecule has 1 aliphatic carbocycles. The van der Waals surface area contributed by atoms with Crippen LogP contribution in [0.15, 0.2) is 115 Å². The average molecular weight is 1130 g/mol. The van der Waals surface area contributed by atoms with E-state index in [1.54, 1.807) is 83.5 Å². The number of likely N-dealkylation sites (tertiary alicyclic amines) is 1. The number of alkyl halides is 1. The number of amides is 8. The standard InChI is InChI=1S/C63H62ClN7O11/c1-38-30-57(77)70(59(38)78)28-8-2-7-27-65-60(79)63(25-9-26-63)61(80)66-35-54(74)67-43-20-15-40(16-21-43)37-82-62(81)68-49-31-39(17-22-56(76)71-36-42(34-64)58-48-13-6-5-12-47(48)53(73)33-51(58)71)14-18-41(49)19-23-55(75)69-29-24-45-44-10-3-4-11-46(44)52(72)32-50(45)69/h3-6,10-23,31-33,38,42,72-73H,2,7-9,24-30,34-37H2,1H3,(H,65,79)(H,66,80)(H,67,74)(H,68,81)/b22-17+,23-19+/t38?,42-/m1/s1. The number of nitrogens with one attached hydrogen (secondary N) is 4. The molecule has 0 spiro atoms. The van der Waals surface area contributed by atoms with Crippen LogP contribution in [-0.2, 0) is 51.3 Å². The number of unbranched alkanes of at least 4 members (excludes halogenated alkanes) is 2. The predicted octanol–water partition coefficient (Wildman–Crippen LogP) is 9.04. The van der Waals surface area contributed by atoms with Gasteiger partial charge in [-0.2, -0.15) is 0 Å². The number of hydrogen-bond acceptors (Lipinski definition) is 11. The van der Waals surface area contributed by atoms with Crippen LogP contribution >= 0.6 is 11.6 Å². The fraction of sp³-hybridized carbons (Fsp3) is 0.302. The highest BCUT2D eigenvalue weighted by Crippen LogP contribution is 2.46. The Hall–Kier alpha value is -9.03. The number of carbonyl (C=O) groups excluding carboxylic acids is 8. The molecule has 422 valence electrons. The number of phenolic OH excluding ortho intramolecular Hbond substituents is 2. The molecule has 1 saturated carbocycles. The molecule has 1 saturated heterocycles. The number of phenols is 2. The monoisotopic (exact) mass is 1130 g/mol. The molecule has 82 heavy (non-hydrogen) atoms. The van der Waals surface area contributed by atoms with E-state index in [1.165, 1.54) is 17.1 Å². The van der Waals surface area contributed by atoms with Crippen LogP contribution in [0, 0.1) is 11.3 Å². The second-order valence-electron chi connectivity index (χ2n) is 21.2. The Balaban J connectivity index is 0.753. The highest BCUT2D eigenvalue weighted by molar-refractivity contribution is 6.19. The number of benzene rings is 6. The van der Waals surface area contributed by atoms with E-state index >= 15 is 0 Å². The van der Waals surface area contributed by atoms with Gasteiger partial charge in [-0.15, -0.1) is 11.6 Å². The first kappa shape index (κ1) is 56.3. The molecular weight excluding hydrogens is 1070 g/mol. The van der Waals surface area contributed by atoms with Gasteiger partial charge < -0.3 is 40.7 Å². The van der Waals surface area contributed by atoms with Crippen molar-refractivity contribution in [2.45, 2.75) is 70.8 Å². The minimum Gasteiger partial charge on any atom is -0.507 e. The van der Waals surface area contributed by atoms with Gasteiger partial charge in [-0.25, -0.2) is 4.79 Å². The fourth-order valence-corrected chi connectivity index (χ4v) is 11.6. The van der Waals surface area contributed by atoms with Gasteiger partial charge in [0.2, 0.25) is 29.5 Å². The van der Waals surface area contributed by atoms with E-state index in [0.717, 1.165) is 21.9 Å². The molecule has 6 aromatic carbocycles. The summed E-state index contributed by atoms with van der Waals surface area (Å²) >= 11 is 6.43. The molecule has 10 rings (SSSR count). The van der Waals surface area contributed by atoms with Gasteiger partial charge in [0, 0.05) is 91.1 Å². The van der Waals surface area contributed by atoms with Crippen LogP contribution in [0.4, 0.5) is 27.5 Å². The number of anilines is 4. The lowest BCUT2D eigenvalue weighted by atomic mass is 9.67. The normalized spacial score (nSPS) is 17.1. The van der Waals surface area contributed by atoms with Gasteiger partial charge in [-0.3, -0.25) is 43.8 Å². The minimum absolute atomic E-state index is 0.0470. The largest absolute Gasteiger partial charge is 0.507 e. The molecule has 2 atom stereocenters. The van der Waals surface area contributed by atoms with Crippen LogP contribution in [0.1, 0.15) is 85.6 Å². The Bertz CT molecular complexity index is 3610. The topological polar surface area (TPSA) is 244 Å². The summed E-state index contributed by atoms with van der Waals surface area (Å²) < 4.78 is 5.63. The SMILES string of the molecule is CC1CC(=O)N(CCCCCNC(=O)C2(C(=O)NCC(=O)Nc3ccc(COC(=O)Nc4cc(/C=C/C(=O)N5C[C@@H](CCl)c6c5cc(O)c5ccccc65)ccc4/C=C/C(=O)N4CCc5c4cc(O)c4ccccc54)cc3)CCC2)C1=O. The van der Waals surface area contributed by atoms with E-state index in [9.17, 15) is 48.6 Å². The average Bonchev–Trinajstić information content (AvgIpc) is 4.29. The second kappa shape index (κ2) is 24.4. The summed E-state index contributed by atoms with van der Waals surface area (Å²) in [7, 11) is 0. The van der Waals surface area contributed by atoms with E-state index in [0.29, 0.717) is 116 Å². The van der Waals surface area contributed by atoms with Crippen molar-refractivity contribution in [3.63, 3.8) is 0 Å². The van der Waals surface area contributed by atoms with Crippen LogP contribution in [0.5, 0.6) is 11.5 Å². The summed E-state index contributed by atoms with van der Waals surface area (Å²) in [6, 6.07) is 29.7. The van der Waals surface area contributed by atoms with Crippen molar-refractivity contribution in [1.29, 1.82) is 0 Å². The molecule has 3 aliphatic heterocycles. The van der Waals surface area contributed by atoms with Crippen molar-refractivity contribution in [3.05, 3.63) is 143 Å². The Kier molecular flexibility index (Phi) is 16.7. The molecule has 4 aliphatic rings. The first-order valence-electron chi connectivity index (χ1n) is 27.5. The number of aromatic hydroxyl groups is 2. The molecule has 0 radical (unpaired) electrons.